The maximum Gasteiger partial charge on any atom is 0.317 e. The highest BCUT2D eigenvalue weighted by Gasteiger charge is 2.24. The maximum absolute atomic E-state index is 12.4. The van der Waals surface area contributed by atoms with Gasteiger partial charge in [0.05, 0.1) is 7.11 Å². The van der Waals surface area contributed by atoms with E-state index in [1.54, 1.807) is 7.11 Å². The maximum atomic E-state index is 12.4. The van der Waals surface area contributed by atoms with Gasteiger partial charge in [0.1, 0.15) is 5.75 Å². The number of hydrogen-bond donors (Lipinski definition) is 1. The van der Waals surface area contributed by atoms with Gasteiger partial charge in [-0.15, -0.1) is 0 Å². The number of piperazine rings is 1. The normalized spacial score (nSPS) is 20.1. The molecule has 2 aliphatic heterocycles. The van der Waals surface area contributed by atoms with Crippen LogP contribution in [0.5, 0.6) is 5.75 Å². The topological polar surface area (TPSA) is 48.1 Å². The fourth-order valence-corrected chi connectivity index (χ4v) is 3.38. The van der Waals surface area contributed by atoms with Crippen LogP contribution >= 0.6 is 0 Å². The molecule has 0 bridgehead atoms. The van der Waals surface area contributed by atoms with Crippen LogP contribution < -0.4 is 15.0 Å². The van der Waals surface area contributed by atoms with Gasteiger partial charge in [0.25, 0.3) is 0 Å². The van der Waals surface area contributed by atoms with Gasteiger partial charge in [-0.25, -0.2) is 4.79 Å². The monoisotopic (exact) mass is 332 g/mol. The van der Waals surface area contributed by atoms with Gasteiger partial charge in [0.2, 0.25) is 0 Å². The lowest BCUT2D eigenvalue weighted by Gasteiger charge is -2.37. The number of rotatable bonds is 3. The second-order valence-electron chi connectivity index (χ2n) is 6.70. The van der Waals surface area contributed by atoms with E-state index in [1.807, 2.05) is 17.0 Å². The number of nitrogens with one attached hydrogen (secondary N) is 1. The fraction of sp³-hybridized carbons (Fsp3) is 0.611. The van der Waals surface area contributed by atoms with E-state index in [0.29, 0.717) is 6.04 Å². The summed E-state index contributed by atoms with van der Waals surface area (Å²) in [6.45, 7) is 5.40. The fourth-order valence-electron chi connectivity index (χ4n) is 3.38. The van der Waals surface area contributed by atoms with Gasteiger partial charge in [-0.2, -0.15) is 0 Å². The Kier molecular flexibility index (Phi) is 5.45. The minimum absolute atomic E-state index is 0.0962. The van der Waals surface area contributed by atoms with Crippen LogP contribution in [-0.4, -0.2) is 75.3 Å². The van der Waals surface area contributed by atoms with Crippen molar-refractivity contribution in [1.29, 1.82) is 0 Å². The molecule has 1 N–H and O–H groups in total. The first-order valence-corrected chi connectivity index (χ1v) is 8.78. The minimum atomic E-state index is 0.0962. The Labute approximate surface area is 144 Å². The number of urea groups is 1. The second kappa shape index (κ2) is 7.75. The first kappa shape index (κ1) is 16.9. The van der Waals surface area contributed by atoms with Gasteiger partial charge in [-0.1, -0.05) is 0 Å². The van der Waals surface area contributed by atoms with Crippen molar-refractivity contribution in [1.82, 2.24) is 15.1 Å². The summed E-state index contributed by atoms with van der Waals surface area (Å²) in [6, 6.07) is 8.54. The Morgan fingerprint density at radius 2 is 1.67 bits per heavy atom. The van der Waals surface area contributed by atoms with Crippen LogP contribution in [0.2, 0.25) is 0 Å². The second-order valence-corrected chi connectivity index (χ2v) is 6.70. The lowest BCUT2D eigenvalue weighted by Crippen LogP contribution is -2.54. The van der Waals surface area contributed by atoms with E-state index in [1.165, 1.54) is 5.69 Å². The Hall–Kier alpha value is -1.95. The molecule has 2 aliphatic rings. The van der Waals surface area contributed by atoms with E-state index < -0.39 is 0 Å². The molecule has 2 heterocycles. The average Bonchev–Trinajstić information content (AvgIpc) is 2.64. The highest BCUT2D eigenvalue weighted by Crippen LogP contribution is 2.20. The smallest absolute Gasteiger partial charge is 0.317 e. The Balaban J connectivity index is 1.46. The molecule has 0 atom stereocenters. The minimum Gasteiger partial charge on any atom is -0.497 e. The summed E-state index contributed by atoms with van der Waals surface area (Å²) < 4.78 is 5.20. The number of likely N-dealkylation sites (tertiary alicyclic amines) is 1. The first-order chi connectivity index (χ1) is 11.7. The van der Waals surface area contributed by atoms with Crippen molar-refractivity contribution in [2.75, 3.05) is 58.3 Å². The number of benzene rings is 1. The van der Waals surface area contributed by atoms with E-state index >= 15 is 0 Å². The number of anilines is 1. The summed E-state index contributed by atoms with van der Waals surface area (Å²) in [7, 11) is 3.81. The van der Waals surface area contributed by atoms with Crippen molar-refractivity contribution in [3.63, 3.8) is 0 Å². The van der Waals surface area contributed by atoms with Crippen LogP contribution in [0, 0.1) is 0 Å². The number of carbonyl (C=O) groups excluding carboxylic acids is 1. The molecule has 0 radical (unpaired) electrons. The molecule has 3 rings (SSSR count). The molecule has 132 valence electrons. The molecule has 1 aromatic carbocycles. The first-order valence-electron chi connectivity index (χ1n) is 8.78. The molecule has 2 saturated heterocycles. The predicted molar refractivity (Wildman–Crippen MR) is 95.8 cm³/mol. The van der Waals surface area contributed by atoms with Crippen LogP contribution in [0.3, 0.4) is 0 Å². The molecule has 0 saturated carbocycles. The zero-order valence-electron chi connectivity index (χ0n) is 14.7. The highest BCUT2D eigenvalue weighted by atomic mass is 16.5. The lowest BCUT2D eigenvalue weighted by atomic mass is 10.1. The van der Waals surface area contributed by atoms with Gasteiger partial charge in [0.15, 0.2) is 0 Å². The van der Waals surface area contributed by atoms with Gasteiger partial charge in [-0.05, 0) is 57.2 Å². The summed E-state index contributed by atoms with van der Waals surface area (Å²) in [6.07, 6.45) is 2.10. The van der Waals surface area contributed by atoms with Crippen molar-refractivity contribution in [3.05, 3.63) is 24.3 Å². The van der Waals surface area contributed by atoms with E-state index in [0.717, 1.165) is 57.9 Å². The van der Waals surface area contributed by atoms with Gasteiger partial charge >= 0.3 is 6.03 Å². The number of hydrogen-bond acceptors (Lipinski definition) is 4. The number of ether oxygens (including phenoxy) is 1. The number of nitrogens with zero attached hydrogens (tertiary/aromatic N) is 3. The van der Waals surface area contributed by atoms with Crippen LogP contribution in [-0.2, 0) is 0 Å². The molecule has 0 unspecified atom stereocenters. The molecule has 2 fully saturated rings. The van der Waals surface area contributed by atoms with Gasteiger partial charge in [-0.3, -0.25) is 0 Å². The molecule has 0 spiro atoms. The van der Waals surface area contributed by atoms with Crippen LogP contribution in [0.15, 0.2) is 24.3 Å². The third kappa shape index (κ3) is 4.12. The number of carbonyl (C=O) groups is 1. The average molecular weight is 332 g/mol. The molecule has 2 amide bonds. The van der Waals surface area contributed by atoms with E-state index in [-0.39, 0.29) is 6.03 Å². The number of amides is 2. The molecular weight excluding hydrogens is 304 g/mol. The zero-order chi connectivity index (χ0) is 16.9. The summed E-state index contributed by atoms with van der Waals surface area (Å²) in [5.74, 6) is 0.870. The SMILES string of the molecule is COc1ccc(N2CCN(C(=O)NC3CCN(C)CC3)CC2)cc1. The van der Waals surface area contributed by atoms with Crippen LogP contribution in [0.25, 0.3) is 0 Å². The van der Waals surface area contributed by atoms with Crippen molar-refractivity contribution in [2.45, 2.75) is 18.9 Å². The van der Waals surface area contributed by atoms with Gasteiger partial charge in [0, 0.05) is 37.9 Å². The molecule has 6 heteroatoms. The summed E-state index contributed by atoms with van der Waals surface area (Å²) >= 11 is 0. The summed E-state index contributed by atoms with van der Waals surface area (Å²) in [5, 5.41) is 3.20. The number of piperidine rings is 1. The highest BCUT2D eigenvalue weighted by molar-refractivity contribution is 5.75. The van der Waals surface area contributed by atoms with Gasteiger partial charge < -0.3 is 24.8 Å². The third-order valence-corrected chi connectivity index (χ3v) is 5.05. The van der Waals surface area contributed by atoms with Crippen molar-refractivity contribution in [3.8, 4) is 5.75 Å². The van der Waals surface area contributed by atoms with Crippen molar-refractivity contribution < 1.29 is 9.53 Å². The van der Waals surface area contributed by atoms with Crippen molar-refractivity contribution >= 4 is 11.7 Å². The van der Waals surface area contributed by atoms with E-state index in [4.69, 9.17) is 4.74 Å². The zero-order valence-corrected chi connectivity index (χ0v) is 14.7. The van der Waals surface area contributed by atoms with Crippen molar-refractivity contribution in [2.24, 2.45) is 0 Å². The molecule has 1 aromatic rings. The Morgan fingerprint density at radius 3 is 2.25 bits per heavy atom. The van der Waals surface area contributed by atoms with E-state index in [9.17, 15) is 4.79 Å². The lowest BCUT2D eigenvalue weighted by molar-refractivity contribution is 0.178. The summed E-state index contributed by atoms with van der Waals surface area (Å²) in [4.78, 5) is 19.0. The molecule has 24 heavy (non-hydrogen) atoms. The molecular formula is C18H28N4O2. The van der Waals surface area contributed by atoms with Crippen LogP contribution in [0.1, 0.15) is 12.8 Å². The quantitative estimate of drug-likeness (QED) is 0.914. The molecule has 0 aromatic heterocycles. The van der Waals surface area contributed by atoms with Crippen LogP contribution in [0.4, 0.5) is 10.5 Å². The Bertz CT molecular complexity index is 532. The largest absolute Gasteiger partial charge is 0.497 e. The summed E-state index contributed by atoms with van der Waals surface area (Å²) in [5.41, 5.74) is 1.19. The number of methoxy groups -OCH3 is 1. The van der Waals surface area contributed by atoms with E-state index in [2.05, 4.69) is 34.3 Å². The standard InChI is InChI=1S/C18H28N4O2/c1-20-9-7-15(8-10-20)19-18(23)22-13-11-21(12-14-22)16-3-5-17(24-2)6-4-16/h3-6,15H,7-14H2,1-2H3,(H,19,23). The third-order valence-electron chi connectivity index (χ3n) is 5.05. The molecule has 0 aliphatic carbocycles. The Morgan fingerprint density at radius 1 is 1.04 bits per heavy atom. The predicted octanol–water partition coefficient (Wildman–Crippen LogP) is 1.62. The molecule has 6 nitrogen and oxygen atoms in total.